The second-order valence-electron chi connectivity index (χ2n) is 4.06. The van der Waals surface area contributed by atoms with Crippen LogP contribution in [0.15, 0.2) is 18.2 Å². The maximum Gasteiger partial charge on any atom is 0.128 e. The highest BCUT2D eigenvalue weighted by Crippen LogP contribution is 2.28. The molecule has 0 spiro atoms. The number of halogens is 2. The first-order chi connectivity index (χ1) is 6.35. The average Bonchev–Trinajstić information content (AvgIpc) is 2.08. The Labute approximate surface area is 82.9 Å². The molecule has 0 aromatic heterocycles. The third-order valence-corrected chi connectivity index (χ3v) is 2.71. The van der Waals surface area contributed by atoms with E-state index in [4.69, 9.17) is 5.73 Å². The van der Waals surface area contributed by atoms with Gasteiger partial charge < -0.3 is 5.73 Å². The highest BCUT2D eigenvalue weighted by Gasteiger charge is 2.28. The van der Waals surface area contributed by atoms with E-state index in [1.807, 2.05) is 13.8 Å². The first kappa shape index (κ1) is 11.1. The largest absolute Gasteiger partial charge is 0.321 e. The van der Waals surface area contributed by atoms with Gasteiger partial charge in [-0.25, -0.2) is 8.78 Å². The van der Waals surface area contributed by atoms with E-state index in [1.54, 1.807) is 6.92 Å². The van der Waals surface area contributed by atoms with E-state index in [0.29, 0.717) is 0 Å². The molecule has 0 heterocycles. The maximum atomic E-state index is 13.4. The van der Waals surface area contributed by atoms with Gasteiger partial charge in [0.25, 0.3) is 0 Å². The van der Waals surface area contributed by atoms with E-state index in [0.717, 1.165) is 18.2 Å². The molecule has 78 valence electrons. The van der Waals surface area contributed by atoms with Gasteiger partial charge in [-0.15, -0.1) is 0 Å². The molecule has 0 amide bonds. The number of benzene rings is 1. The Balaban J connectivity index is 3.24. The van der Waals surface area contributed by atoms with Crippen LogP contribution in [0.2, 0.25) is 0 Å². The Morgan fingerprint density at radius 3 is 2.36 bits per heavy atom. The van der Waals surface area contributed by atoms with E-state index in [9.17, 15) is 8.78 Å². The third kappa shape index (κ3) is 1.93. The lowest BCUT2D eigenvalue weighted by Crippen LogP contribution is -2.39. The molecule has 0 fully saturated rings. The van der Waals surface area contributed by atoms with Crippen LogP contribution in [0.4, 0.5) is 8.78 Å². The summed E-state index contributed by atoms with van der Waals surface area (Å²) in [6.07, 6.45) is 0. The zero-order valence-corrected chi connectivity index (χ0v) is 8.64. The molecule has 3 heteroatoms. The molecule has 0 aliphatic carbocycles. The minimum absolute atomic E-state index is 0.0406. The van der Waals surface area contributed by atoms with Crippen LogP contribution >= 0.6 is 0 Å². The zero-order chi connectivity index (χ0) is 10.9. The van der Waals surface area contributed by atoms with Gasteiger partial charge in [-0.3, -0.25) is 0 Å². The van der Waals surface area contributed by atoms with Gasteiger partial charge in [0.1, 0.15) is 11.6 Å². The molecule has 1 atom stereocenters. The molecular weight excluding hydrogens is 184 g/mol. The van der Waals surface area contributed by atoms with Gasteiger partial charge in [0.2, 0.25) is 0 Å². The molecule has 1 aromatic carbocycles. The quantitative estimate of drug-likeness (QED) is 0.778. The number of rotatable bonds is 2. The number of hydrogen-bond donors (Lipinski definition) is 1. The van der Waals surface area contributed by atoms with Gasteiger partial charge in [-0.2, -0.15) is 0 Å². The molecule has 1 aromatic rings. The van der Waals surface area contributed by atoms with E-state index in [1.165, 1.54) is 0 Å². The van der Waals surface area contributed by atoms with E-state index >= 15 is 0 Å². The van der Waals surface area contributed by atoms with Crippen molar-refractivity contribution in [2.45, 2.75) is 26.3 Å². The predicted octanol–water partition coefficient (Wildman–Crippen LogP) is 2.79. The third-order valence-electron chi connectivity index (χ3n) is 2.71. The SMILES string of the molecule is CC(C)[C@@](C)(N)c1cc(F)ccc1F. The molecule has 0 unspecified atom stereocenters. The highest BCUT2D eigenvalue weighted by atomic mass is 19.1. The van der Waals surface area contributed by atoms with Gasteiger partial charge in [0.05, 0.1) is 0 Å². The summed E-state index contributed by atoms with van der Waals surface area (Å²) >= 11 is 0. The van der Waals surface area contributed by atoms with Crippen molar-refractivity contribution in [2.75, 3.05) is 0 Å². The lowest BCUT2D eigenvalue weighted by Gasteiger charge is -2.30. The Bertz CT molecular complexity index is 332. The monoisotopic (exact) mass is 199 g/mol. The van der Waals surface area contributed by atoms with Crippen LogP contribution in [0.3, 0.4) is 0 Å². The number of hydrogen-bond acceptors (Lipinski definition) is 1. The maximum absolute atomic E-state index is 13.4. The lowest BCUT2D eigenvalue weighted by molar-refractivity contribution is 0.335. The van der Waals surface area contributed by atoms with E-state index in [2.05, 4.69) is 0 Å². The van der Waals surface area contributed by atoms with Crippen molar-refractivity contribution < 1.29 is 8.78 Å². The molecule has 1 nitrogen and oxygen atoms in total. The fourth-order valence-corrected chi connectivity index (χ4v) is 1.22. The second kappa shape index (κ2) is 3.65. The molecule has 0 bridgehead atoms. The summed E-state index contributed by atoms with van der Waals surface area (Å²) in [5, 5.41) is 0. The van der Waals surface area contributed by atoms with Crippen molar-refractivity contribution in [1.82, 2.24) is 0 Å². The number of nitrogens with two attached hydrogens (primary N) is 1. The predicted molar refractivity (Wildman–Crippen MR) is 52.7 cm³/mol. The Morgan fingerprint density at radius 1 is 1.29 bits per heavy atom. The van der Waals surface area contributed by atoms with E-state index < -0.39 is 17.2 Å². The molecule has 0 saturated heterocycles. The van der Waals surface area contributed by atoms with Gasteiger partial charge in [-0.05, 0) is 31.0 Å². The van der Waals surface area contributed by atoms with Gasteiger partial charge in [0.15, 0.2) is 0 Å². The highest BCUT2D eigenvalue weighted by molar-refractivity contribution is 5.26. The van der Waals surface area contributed by atoms with Crippen LogP contribution in [0.5, 0.6) is 0 Å². The van der Waals surface area contributed by atoms with Crippen molar-refractivity contribution in [3.8, 4) is 0 Å². The summed E-state index contributed by atoms with van der Waals surface area (Å²) in [7, 11) is 0. The smallest absolute Gasteiger partial charge is 0.128 e. The molecule has 0 saturated carbocycles. The topological polar surface area (TPSA) is 26.0 Å². The van der Waals surface area contributed by atoms with Crippen LogP contribution in [-0.4, -0.2) is 0 Å². The first-order valence-corrected chi connectivity index (χ1v) is 4.60. The fourth-order valence-electron chi connectivity index (χ4n) is 1.22. The summed E-state index contributed by atoms with van der Waals surface area (Å²) in [6, 6.07) is 3.36. The van der Waals surface area contributed by atoms with Crippen LogP contribution in [0.1, 0.15) is 26.3 Å². The van der Waals surface area contributed by atoms with Crippen LogP contribution in [-0.2, 0) is 5.54 Å². The van der Waals surface area contributed by atoms with E-state index in [-0.39, 0.29) is 11.5 Å². The van der Waals surface area contributed by atoms with Gasteiger partial charge in [-0.1, -0.05) is 13.8 Å². The lowest BCUT2D eigenvalue weighted by atomic mass is 9.82. The summed E-state index contributed by atoms with van der Waals surface area (Å²) in [5.74, 6) is -0.873. The van der Waals surface area contributed by atoms with Crippen molar-refractivity contribution in [1.29, 1.82) is 0 Å². The van der Waals surface area contributed by atoms with Crippen LogP contribution in [0.25, 0.3) is 0 Å². The normalized spacial score (nSPS) is 15.6. The van der Waals surface area contributed by atoms with Gasteiger partial charge in [0, 0.05) is 11.1 Å². The molecular formula is C11H15F2N. The molecule has 14 heavy (non-hydrogen) atoms. The molecule has 0 aliphatic rings. The summed E-state index contributed by atoms with van der Waals surface area (Å²) in [5.41, 5.74) is 5.33. The summed E-state index contributed by atoms with van der Waals surface area (Å²) in [6.45, 7) is 5.46. The fraction of sp³-hybridized carbons (Fsp3) is 0.455. The molecule has 2 N–H and O–H groups in total. The minimum atomic E-state index is -0.841. The average molecular weight is 199 g/mol. The second-order valence-corrected chi connectivity index (χ2v) is 4.06. The van der Waals surface area contributed by atoms with Crippen LogP contribution < -0.4 is 5.73 Å². The standard InChI is InChI=1S/C11H15F2N/c1-7(2)11(3,14)9-6-8(12)4-5-10(9)13/h4-7H,14H2,1-3H3/t11-/m1/s1. The zero-order valence-electron chi connectivity index (χ0n) is 8.64. The molecule has 0 aliphatic heterocycles. The Morgan fingerprint density at radius 2 is 1.86 bits per heavy atom. The minimum Gasteiger partial charge on any atom is -0.321 e. The first-order valence-electron chi connectivity index (χ1n) is 4.60. The Hall–Kier alpha value is -0.960. The van der Waals surface area contributed by atoms with Crippen molar-refractivity contribution in [3.05, 3.63) is 35.4 Å². The van der Waals surface area contributed by atoms with Crippen molar-refractivity contribution in [2.24, 2.45) is 11.7 Å². The van der Waals surface area contributed by atoms with Crippen molar-refractivity contribution in [3.63, 3.8) is 0 Å². The van der Waals surface area contributed by atoms with Crippen LogP contribution in [0, 0.1) is 17.6 Å². The molecule has 0 radical (unpaired) electrons. The summed E-state index contributed by atoms with van der Waals surface area (Å²) in [4.78, 5) is 0. The molecule has 1 rings (SSSR count). The van der Waals surface area contributed by atoms with Gasteiger partial charge >= 0.3 is 0 Å². The Kier molecular flexibility index (Phi) is 2.90. The summed E-state index contributed by atoms with van der Waals surface area (Å²) < 4.78 is 26.3. The van der Waals surface area contributed by atoms with Crippen molar-refractivity contribution >= 4 is 0 Å².